The van der Waals surface area contributed by atoms with Gasteiger partial charge in [0.2, 0.25) is 0 Å². The molecule has 2 rings (SSSR count). The predicted molar refractivity (Wildman–Crippen MR) is 91.4 cm³/mol. The largest absolute Gasteiger partial charge is 0.372 e. The number of halogens is 3. The number of aromatic nitrogens is 2. The van der Waals surface area contributed by atoms with E-state index in [-0.39, 0.29) is 0 Å². The number of hydrogen-bond donors (Lipinski definition) is 1. The fraction of sp³-hybridized carbons (Fsp3) is 0.286. The minimum Gasteiger partial charge on any atom is -0.372 e. The van der Waals surface area contributed by atoms with Crippen LogP contribution < -0.4 is 5.32 Å². The topological polar surface area (TPSA) is 37.8 Å². The third-order valence-corrected chi connectivity index (χ3v) is 4.87. The van der Waals surface area contributed by atoms with Crippen molar-refractivity contribution in [2.45, 2.75) is 19.8 Å². The highest BCUT2D eigenvalue weighted by molar-refractivity contribution is 9.11. The quantitative estimate of drug-likeness (QED) is 0.729. The lowest BCUT2D eigenvalue weighted by molar-refractivity contribution is 0.869. The Labute approximate surface area is 140 Å². The van der Waals surface area contributed by atoms with Crippen LogP contribution in [-0.2, 0) is 6.42 Å². The molecule has 0 atom stereocenters. The second-order valence-electron chi connectivity index (χ2n) is 4.29. The van der Waals surface area contributed by atoms with Crippen LogP contribution in [-0.4, -0.2) is 17.0 Å². The van der Waals surface area contributed by atoms with Crippen molar-refractivity contribution in [3.8, 4) is 11.4 Å². The van der Waals surface area contributed by atoms with Gasteiger partial charge in [-0.2, -0.15) is 0 Å². The first-order valence-electron chi connectivity index (χ1n) is 6.26. The second-order valence-corrected chi connectivity index (χ2v) is 6.34. The Hall–Kier alpha value is -0.650. The number of nitrogens with one attached hydrogen (secondary N) is 1. The summed E-state index contributed by atoms with van der Waals surface area (Å²) in [5.74, 6) is 1.49. The highest BCUT2D eigenvalue weighted by Gasteiger charge is 2.13. The van der Waals surface area contributed by atoms with Gasteiger partial charge in [-0.15, -0.1) is 0 Å². The first-order chi connectivity index (χ1) is 9.56. The predicted octanol–water partition coefficient (Wildman–Crippen LogP) is 5.32. The maximum Gasteiger partial charge on any atom is 0.161 e. The molecule has 0 fully saturated rings. The lowest BCUT2D eigenvalue weighted by atomic mass is 10.2. The molecule has 20 heavy (non-hydrogen) atoms. The van der Waals surface area contributed by atoms with E-state index in [1.165, 1.54) is 0 Å². The summed E-state index contributed by atoms with van der Waals surface area (Å²) in [6.07, 6.45) is 1.93. The monoisotopic (exact) mass is 417 g/mol. The zero-order chi connectivity index (χ0) is 14.7. The highest BCUT2D eigenvalue weighted by Crippen LogP contribution is 2.31. The van der Waals surface area contributed by atoms with E-state index in [4.69, 9.17) is 11.6 Å². The number of nitrogens with zero attached hydrogens (tertiary/aromatic N) is 2. The summed E-state index contributed by atoms with van der Waals surface area (Å²) >= 11 is 13.0. The highest BCUT2D eigenvalue weighted by atomic mass is 79.9. The Balaban J connectivity index is 2.55. The molecule has 0 amide bonds. The summed E-state index contributed by atoms with van der Waals surface area (Å²) in [7, 11) is 1.85. The lowest BCUT2D eigenvalue weighted by Gasteiger charge is -2.11. The third kappa shape index (κ3) is 3.32. The minimum absolute atomic E-state index is 0.675. The smallest absolute Gasteiger partial charge is 0.161 e. The van der Waals surface area contributed by atoms with Crippen LogP contribution in [0.1, 0.15) is 19.0 Å². The Bertz CT molecular complexity index is 632. The summed E-state index contributed by atoms with van der Waals surface area (Å²) < 4.78 is 1.77. The molecule has 1 aromatic heterocycles. The molecular weight excluding hydrogens is 405 g/mol. The van der Waals surface area contributed by atoms with Crippen LogP contribution in [0.2, 0.25) is 5.02 Å². The Kier molecular flexibility index (Phi) is 5.41. The van der Waals surface area contributed by atoms with E-state index in [1.54, 1.807) is 0 Å². The number of hydrogen-bond acceptors (Lipinski definition) is 3. The van der Waals surface area contributed by atoms with Gasteiger partial charge in [-0.05, 0) is 56.5 Å². The molecule has 1 aromatic carbocycles. The van der Waals surface area contributed by atoms with Gasteiger partial charge >= 0.3 is 0 Å². The molecule has 0 bridgehead atoms. The van der Waals surface area contributed by atoms with Crippen molar-refractivity contribution in [2.75, 3.05) is 12.4 Å². The van der Waals surface area contributed by atoms with Crippen LogP contribution in [0.3, 0.4) is 0 Å². The molecule has 6 heteroatoms. The van der Waals surface area contributed by atoms with Crippen LogP contribution in [0.5, 0.6) is 0 Å². The van der Waals surface area contributed by atoms with Crippen LogP contribution in [0.25, 0.3) is 11.4 Å². The number of benzene rings is 1. The van der Waals surface area contributed by atoms with Crippen molar-refractivity contribution in [2.24, 2.45) is 0 Å². The molecular formula is C14H14Br2ClN3. The van der Waals surface area contributed by atoms with Gasteiger partial charge in [-0.25, -0.2) is 9.97 Å². The first kappa shape index (κ1) is 15.7. The zero-order valence-corrected chi connectivity index (χ0v) is 15.1. The molecule has 0 spiro atoms. The molecule has 0 aliphatic heterocycles. The normalized spacial score (nSPS) is 10.7. The van der Waals surface area contributed by atoms with Gasteiger partial charge in [-0.3, -0.25) is 0 Å². The number of aryl methyl sites for hydroxylation is 1. The second kappa shape index (κ2) is 6.87. The summed E-state index contributed by atoms with van der Waals surface area (Å²) in [6, 6.07) is 5.69. The summed E-state index contributed by atoms with van der Waals surface area (Å²) in [5.41, 5.74) is 1.94. The van der Waals surface area contributed by atoms with Crippen molar-refractivity contribution >= 4 is 49.3 Å². The van der Waals surface area contributed by atoms with Gasteiger partial charge in [0.25, 0.3) is 0 Å². The van der Waals surface area contributed by atoms with Gasteiger partial charge < -0.3 is 5.32 Å². The van der Waals surface area contributed by atoms with Crippen molar-refractivity contribution in [3.63, 3.8) is 0 Å². The van der Waals surface area contributed by atoms with Crippen LogP contribution in [0.4, 0.5) is 5.82 Å². The Morgan fingerprint density at radius 2 is 2.00 bits per heavy atom. The van der Waals surface area contributed by atoms with E-state index in [0.29, 0.717) is 10.8 Å². The van der Waals surface area contributed by atoms with E-state index in [2.05, 4.69) is 54.1 Å². The molecule has 0 unspecified atom stereocenters. The summed E-state index contributed by atoms with van der Waals surface area (Å²) in [6.45, 7) is 2.13. The molecule has 2 aromatic rings. The van der Waals surface area contributed by atoms with E-state index in [9.17, 15) is 0 Å². The maximum absolute atomic E-state index is 6.03. The van der Waals surface area contributed by atoms with Gasteiger partial charge in [0, 0.05) is 17.1 Å². The molecule has 1 N–H and O–H groups in total. The average molecular weight is 420 g/mol. The molecule has 1 heterocycles. The zero-order valence-electron chi connectivity index (χ0n) is 11.2. The van der Waals surface area contributed by atoms with Crippen molar-refractivity contribution < 1.29 is 0 Å². The van der Waals surface area contributed by atoms with E-state index in [1.807, 2.05) is 25.2 Å². The SMILES string of the molecule is CCCc1nc(-c2ccc(Cl)c(Br)c2)nc(NC)c1Br. The molecule has 0 saturated heterocycles. The molecule has 0 saturated carbocycles. The van der Waals surface area contributed by atoms with Crippen molar-refractivity contribution in [1.82, 2.24) is 9.97 Å². The Morgan fingerprint density at radius 3 is 2.60 bits per heavy atom. The maximum atomic E-state index is 6.03. The fourth-order valence-corrected chi connectivity index (χ4v) is 2.90. The van der Waals surface area contributed by atoms with E-state index >= 15 is 0 Å². The van der Waals surface area contributed by atoms with Crippen molar-refractivity contribution in [3.05, 3.63) is 37.9 Å². The van der Waals surface area contributed by atoms with Gasteiger partial charge in [0.05, 0.1) is 15.2 Å². The molecule has 3 nitrogen and oxygen atoms in total. The van der Waals surface area contributed by atoms with Crippen molar-refractivity contribution in [1.29, 1.82) is 0 Å². The number of anilines is 1. The number of rotatable bonds is 4. The van der Waals surface area contributed by atoms with E-state index in [0.717, 1.165) is 38.9 Å². The van der Waals surface area contributed by atoms with Gasteiger partial charge in [0.1, 0.15) is 5.82 Å². The standard InChI is InChI=1S/C14H14Br2ClN3/c1-3-4-11-12(16)14(18-2)20-13(19-11)8-5-6-10(17)9(15)7-8/h5-7H,3-4H2,1-2H3,(H,18,19,20). The Morgan fingerprint density at radius 1 is 1.25 bits per heavy atom. The van der Waals surface area contributed by atoms with E-state index < -0.39 is 0 Å². The summed E-state index contributed by atoms with van der Waals surface area (Å²) in [5, 5.41) is 3.77. The third-order valence-electron chi connectivity index (χ3n) is 2.82. The molecule has 0 aliphatic carbocycles. The van der Waals surface area contributed by atoms with Crippen LogP contribution in [0, 0.1) is 0 Å². The summed E-state index contributed by atoms with van der Waals surface area (Å²) in [4.78, 5) is 9.19. The molecule has 106 valence electrons. The molecule has 0 aliphatic rings. The first-order valence-corrected chi connectivity index (χ1v) is 8.22. The van der Waals surface area contributed by atoms with Gasteiger partial charge in [-0.1, -0.05) is 24.9 Å². The minimum atomic E-state index is 0.675. The average Bonchev–Trinajstić information content (AvgIpc) is 2.44. The van der Waals surface area contributed by atoms with Crippen LogP contribution >= 0.6 is 43.5 Å². The van der Waals surface area contributed by atoms with Crippen LogP contribution in [0.15, 0.2) is 27.1 Å². The molecule has 0 radical (unpaired) electrons. The lowest BCUT2D eigenvalue weighted by Crippen LogP contribution is -2.03. The van der Waals surface area contributed by atoms with Gasteiger partial charge in [0.15, 0.2) is 5.82 Å². The fourth-order valence-electron chi connectivity index (χ4n) is 1.83.